The van der Waals surface area contributed by atoms with Crippen LogP contribution in [-0.4, -0.2) is 10.8 Å². The summed E-state index contributed by atoms with van der Waals surface area (Å²) in [6.07, 6.45) is 0.282. The average molecular weight is 307 g/mol. The van der Waals surface area contributed by atoms with Crippen molar-refractivity contribution in [3.8, 4) is 11.3 Å². The molecule has 0 spiro atoms. The number of aromatic amines is 1. The Morgan fingerprint density at radius 3 is 2.26 bits per heavy atom. The van der Waals surface area contributed by atoms with Crippen LogP contribution in [-0.2, 0) is 4.79 Å². The van der Waals surface area contributed by atoms with Gasteiger partial charge in [-0.1, -0.05) is 60.7 Å². The zero-order chi connectivity index (χ0) is 16.2. The van der Waals surface area contributed by atoms with Crippen LogP contribution in [0.25, 0.3) is 11.3 Å². The molecule has 1 N–H and O–H groups in total. The quantitative estimate of drug-likeness (QED) is 0.781. The fraction of sp³-hybridized carbons (Fsp3) is 0.158. The van der Waals surface area contributed by atoms with E-state index < -0.39 is 5.76 Å². The fourth-order valence-electron chi connectivity index (χ4n) is 2.74. The first kappa shape index (κ1) is 15.0. The van der Waals surface area contributed by atoms with Crippen molar-refractivity contribution in [1.82, 2.24) is 4.98 Å². The molecule has 0 aliphatic rings. The Bertz CT molecular complexity index is 847. The van der Waals surface area contributed by atoms with E-state index in [1.54, 1.807) is 6.92 Å². The third kappa shape index (κ3) is 3.31. The standard InChI is InChI=1S/C19H17NO3/c1-13(21)12-16(14-8-4-2-5-9-14)18-17(20-19(22)23-18)15-10-6-3-7-11-15/h2-11,16H,12H2,1H3,(H,20,22). The lowest BCUT2D eigenvalue weighted by Crippen LogP contribution is -2.07. The van der Waals surface area contributed by atoms with Gasteiger partial charge in [0.25, 0.3) is 0 Å². The van der Waals surface area contributed by atoms with Gasteiger partial charge < -0.3 is 4.42 Å². The van der Waals surface area contributed by atoms with Gasteiger partial charge in [-0.05, 0) is 12.5 Å². The Hall–Kier alpha value is -2.88. The summed E-state index contributed by atoms with van der Waals surface area (Å²) in [5.41, 5.74) is 2.44. The summed E-state index contributed by atoms with van der Waals surface area (Å²) in [5.74, 6) is -0.254. The van der Waals surface area contributed by atoms with Crippen LogP contribution in [0.2, 0.25) is 0 Å². The number of carbonyl (C=O) groups is 1. The maximum Gasteiger partial charge on any atom is 0.416 e. The Morgan fingerprint density at radius 1 is 1.04 bits per heavy atom. The lowest BCUT2D eigenvalue weighted by atomic mass is 9.89. The van der Waals surface area contributed by atoms with Gasteiger partial charge in [-0.2, -0.15) is 0 Å². The normalized spacial score (nSPS) is 12.0. The molecule has 0 aliphatic heterocycles. The summed E-state index contributed by atoms with van der Waals surface area (Å²) < 4.78 is 5.42. The van der Waals surface area contributed by atoms with E-state index in [0.29, 0.717) is 11.5 Å². The van der Waals surface area contributed by atoms with Crippen molar-refractivity contribution >= 4 is 5.78 Å². The van der Waals surface area contributed by atoms with E-state index in [-0.39, 0.29) is 18.1 Å². The first-order chi connectivity index (χ1) is 11.1. The number of ketones is 1. The first-order valence-corrected chi connectivity index (χ1v) is 7.48. The van der Waals surface area contributed by atoms with E-state index in [4.69, 9.17) is 4.42 Å². The SMILES string of the molecule is CC(=O)CC(c1ccccc1)c1oc(=O)[nH]c1-c1ccccc1. The van der Waals surface area contributed by atoms with Crippen molar-refractivity contribution in [2.45, 2.75) is 19.3 Å². The molecule has 0 radical (unpaired) electrons. The van der Waals surface area contributed by atoms with Crippen molar-refractivity contribution < 1.29 is 9.21 Å². The van der Waals surface area contributed by atoms with Gasteiger partial charge in [0.15, 0.2) is 0 Å². The molecule has 0 amide bonds. The largest absolute Gasteiger partial charge is 0.416 e. The number of hydrogen-bond acceptors (Lipinski definition) is 3. The zero-order valence-corrected chi connectivity index (χ0v) is 12.8. The summed E-state index contributed by atoms with van der Waals surface area (Å²) in [5, 5.41) is 0. The Labute approximate surface area is 133 Å². The van der Waals surface area contributed by atoms with Crippen molar-refractivity contribution in [3.05, 3.63) is 82.5 Å². The van der Waals surface area contributed by atoms with E-state index in [1.807, 2.05) is 60.7 Å². The predicted molar refractivity (Wildman–Crippen MR) is 88.3 cm³/mol. The molecule has 1 atom stereocenters. The Kier molecular flexibility index (Phi) is 4.24. The molecule has 116 valence electrons. The van der Waals surface area contributed by atoms with Crippen LogP contribution in [0, 0.1) is 0 Å². The average Bonchev–Trinajstić information content (AvgIpc) is 2.96. The fourth-order valence-corrected chi connectivity index (χ4v) is 2.74. The first-order valence-electron chi connectivity index (χ1n) is 7.48. The van der Waals surface area contributed by atoms with Crippen molar-refractivity contribution in [2.24, 2.45) is 0 Å². The Morgan fingerprint density at radius 2 is 1.65 bits per heavy atom. The van der Waals surface area contributed by atoms with Crippen molar-refractivity contribution in [2.75, 3.05) is 0 Å². The number of benzene rings is 2. The second-order valence-electron chi connectivity index (χ2n) is 5.49. The third-order valence-electron chi connectivity index (χ3n) is 3.75. The molecule has 0 fully saturated rings. The van der Waals surface area contributed by atoms with Gasteiger partial charge in [-0.3, -0.25) is 9.78 Å². The zero-order valence-electron chi connectivity index (χ0n) is 12.8. The van der Waals surface area contributed by atoms with E-state index in [0.717, 1.165) is 11.1 Å². The second-order valence-corrected chi connectivity index (χ2v) is 5.49. The maximum absolute atomic E-state index is 11.8. The van der Waals surface area contributed by atoms with E-state index in [2.05, 4.69) is 4.98 Å². The van der Waals surface area contributed by atoms with Gasteiger partial charge in [0.2, 0.25) is 0 Å². The van der Waals surface area contributed by atoms with Crippen LogP contribution < -0.4 is 5.76 Å². The summed E-state index contributed by atoms with van der Waals surface area (Å²) >= 11 is 0. The lowest BCUT2D eigenvalue weighted by molar-refractivity contribution is -0.117. The highest BCUT2D eigenvalue weighted by molar-refractivity contribution is 5.77. The molecule has 3 rings (SSSR count). The van der Waals surface area contributed by atoms with Gasteiger partial charge in [0, 0.05) is 12.0 Å². The summed E-state index contributed by atoms with van der Waals surface area (Å²) in [6, 6.07) is 19.1. The molecule has 3 aromatic rings. The minimum Gasteiger partial charge on any atom is -0.412 e. The highest BCUT2D eigenvalue weighted by Gasteiger charge is 2.25. The molecule has 4 nitrogen and oxygen atoms in total. The molecule has 4 heteroatoms. The van der Waals surface area contributed by atoms with E-state index in [1.165, 1.54) is 0 Å². The molecule has 2 aromatic carbocycles. The highest BCUT2D eigenvalue weighted by Crippen LogP contribution is 2.33. The number of hydrogen-bond donors (Lipinski definition) is 1. The molecule has 0 bridgehead atoms. The van der Waals surface area contributed by atoms with Crippen molar-refractivity contribution in [3.63, 3.8) is 0 Å². The summed E-state index contributed by atoms with van der Waals surface area (Å²) in [6.45, 7) is 1.54. The molecular weight excluding hydrogens is 290 g/mol. The van der Waals surface area contributed by atoms with Gasteiger partial charge in [-0.15, -0.1) is 0 Å². The lowest BCUT2D eigenvalue weighted by Gasteiger charge is -2.15. The molecule has 1 unspecified atom stereocenters. The van der Waals surface area contributed by atoms with Crippen molar-refractivity contribution in [1.29, 1.82) is 0 Å². The van der Waals surface area contributed by atoms with Gasteiger partial charge in [0.05, 0.1) is 11.6 Å². The topological polar surface area (TPSA) is 63.1 Å². The van der Waals surface area contributed by atoms with Crippen LogP contribution in [0.15, 0.2) is 69.9 Å². The summed E-state index contributed by atoms with van der Waals surface area (Å²) in [7, 11) is 0. The molecule has 0 aliphatic carbocycles. The van der Waals surface area contributed by atoms with Gasteiger partial charge in [0.1, 0.15) is 11.5 Å². The van der Waals surface area contributed by atoms with Crippen LogP contribution in [0.3, 0.4) is 0 Å². The monoisotopic (exact) mass is 307 g/mol. The van der Waals surface area contributed by atoms with E-state index >= 15 is 0 Å². The number of Topliss-reactive ketones (excluding diaryl/α,β-unsaturated/α-hetero) is 1. The minimum atomic E-state index is -0.511. The van der Waals surface area contributed by atoms with Crippen LogP contribution in [0.5, 0.6) is 0 Å². The molecule has 1 heterocycles. The molecular formula is C19H17NO3. The second kappa shape index (κ2) is 6.48. The van der Waals surface area contributed by atoms with E-state index in [9.17, 15) is 9.59 Å². The smallest absolute Gasteiger partial charge is 0.412 e. The van der Waals surface area contributed by atoms with Gasteiger partial charge in [-0.25, -0.2) is 4.79 Å². The third-order valence-corrected chi connectivity index (χ3v) is 3.75. The highest BCUT2D eigenvalue weighted by atomic mass is 16.4. The van der Waals surface area contributed by atoms with Crippen LogP contribution >= 0.6 is 0 Å². The summed E-state index contributed by atoms with van der Waals surface area (Å²) in [4.78, 5) is 26.3. The molecule has 1 aromatic heterocycles. The minimum absolute atomic E-state index is 0.0433. The molecule has 0 saturated carbocycles. The van der Waals surface area contributed by atoms with Crippen LogP contribution in [0.1, 0.15) is 30.6 Å². The number of carbonyl (C=O) groups excluding carboxylic acids is 1. The maximum atomic E-state index is 11.8. The number of nitrogens with one attached hydrogen (secondary N) is 1. The molecule has 0 saturated heterocycles. The number of oxazole rings is 1. The van der Waals surface area contributed by atoms with Crippen LogP contribution in [0.4, 0.5) is 0 Å². The number of rotatable bonds is 5. The predicted octanol–water partition coefficient (Wildman–Crippen LogP) is 3.75. The number of H-pyrrole nitrogens is 1. The molecule has 23 heavy (non-hydrogen) atoms. The van der Waals surface area contributed by atoms with Gasteiger partial charge >= 0.3 is 5.76 Å². The number of aromatic nitrogens is 1. The Balaban J connectivity index is 2.14.